The first-order valence-corrected chi connectivity index (χ1v) is 2.53. The van der Waals surface area contributed by atoms with Gasteiger partial charge in [0.05, 0.1) is 5.57 Å². The predicted octanol–water partition coefficient (Wildman–Crippen LogP) is 0.572. The first kappa shape index (κ1) is 5.88. The Morgan fingerprint density at radius 3 is 2.78 bits per heavy atom. The van der Waals surface area contributed by atoms with E-state index >= 15 is 0 Å². The summed E-state index contributed by atoms with van der Waals surface area (Å²) < 4.78 is 0. The van der Waals surface area contributed by atoms with Crippen LogP contribution in [-0.4, -0.2) is 18.0 Å². The predicted molar refractivity (Wildman–Crippen MR) is 35.7 cm³/mol. The van der Waals surface area contributed by atoms with Crippen LogP contribution in [0.25, 0.3) is 0 Å². The van der Waals surface area contributed by atoms with Gasteiger partial charge in [0, 0.05) is 6.21 Å². The van der Waals surface area contributed by atoms with Crippen molar-refractivity contribution >= 4 is 18.0 Å². The molecule has 0 spiro atoms. The van der Waals surface area contributed by atoms with Crippen LogP contribution >= 0.6 is 0 Å². The van der Waals surface area contributed by atoms with Crippen molar-refractivity contribution in [3.8, 4) is 0 Å². The fourth-order valence-corrected chi connectivity index (χ4v) is 0.474. The number of rotatable bonds is 0. The van der Waals surface area contributed by atoms with Crippen LogP contribution in [0.3, 0.4) is 0 Å². The SMILES string of the molecule is C=C1C=NC(C)=NC1=O. The fraction of sp³-hybridized carbons (Fsp3) is 0.167. The maximum atomic E-state index is 10.6. The molecule has 1 rings (SSSR count). The summed E-state index contributed by atoms with van der Waals surface area (Å²) in [5, 5.41) is 0. The van der Waals surface area contributed by atoms with E-state index in [1.165, 1.54) is 6.21 Å². The molecule has 0 aliphatic carbocycles. The average molecular weight is 122 g/mol. The number of nitrogens with zero attached hydrogens (tertiary/aromatic N) is 2. The Kier molecular flexibility index (Phi) is 1.26. The highest BCUT2D eigenvalue weighted by Crippen LogP contribution is 1.97. The molecular weight excluding hydrogens is 116 g/mol. The Labute approximate surface area is 52.8 Å². The molecule has 0 unspecified atom stereocenters. The lowest BCUT2D eigenvalue weighted by Gasteiger charge is -1.98. The van der Waals surface area contributed by atoms with E-state index in [4.69, 9.17) is 0 Å². The van der Waals surface area contributed by atoms with Gasteiger partial charge in [-0.3, -0.25) is 4.79 Å². The molecule has 1 aliphatic rings. The molecule has 1 aliphatic heterocycles. The lowest BCUT2D eigenvalue weighted by Crippen LogP contribution is -2.07. The number of aliphatic imine (C=N–C) groups is 2. The molecule has 0 saturated carbocycles. The smallest absolute Gasteiger partial charge is 0.267 e. The molecule has 9 heavy (non-hydrogen) atoms. The van der Waals surface area contributed by atoms with Gasteiger partial charge in [0.1, 0.15) is 5.84 Å². The largest absolute Gasteiger partial charge is 0.279 e. The number of carbonyl (C=O) groups is 1. The Balaban J connectivity index is 2.95. The van der Waals surface area contributed by atoms with Gasteiger partial charge in [-0.1, -0.05) is 6.58 Å². The van der Waals surface area contributed by atoms with Crippen LogP contribution in [0.15, 0.2) is 22.1 Å². The zero-order valence-corrected chi connectivity index (χ0v) is 5.09. The third-order valence-electron chi connectivity index (χ3n) is 0.945. The van der Waals surface area contributed by atoms with E-state index in [9.17, 15) is 4.79 Å². The van der Waals surface area contributed by atoms with Gasteiger partial charge in [0.15, 0.2) is 0 Å². The number of carbonyl (C=O) groups excluding carboxylic acids is 1. The lowest BCUT2D eigenvalue weighted by molar-refractivity contribution is -0.113. The highest BCUT2D eigenvalue weighted by molar-refractivity contribution is 6.20. The second-order valence-corrected chi connectivity index (χ2v) is 1.75. The van der Waals surface area contributed by atoms with Crippen molar-refractivity contribution in [2.75, 3.05) is 0 Å². The summed E-state index contributed by atoms with van der Waals surface area (Å²) in [5.41, 5.74) is 0.348. The van der Waals surface area contributed by atoms with Gasteiger partial charge < -0.3 is 0 Å². The van der Waals surface area contributed by atoms with E-state index < -0.39 is 0 Å². The lowest BCUT2D eigenvalue weighted by atomic mass is 10.3. The zero-order chi connectivity index (χ0) is 6.85. The normalized spacial score (nSPS) is 18.1. The third kappa shape index (κ3) is 1.10. The van der Waals surface area contributed by atoms with Crippen LogP contribution in [0, 0.1) is 0 Å². The maximum absolute atomic E-state index is 10.6. The molecular formula is C6H6N2O. The maximum Gasteiger partial charge on any atom is 0.279 e. The third-order valence-corrected chi connectivity index (χ3v) is 0.945. The van der Waals surface area contributed by atoms with E-state index in [0.29, 0.717) is 11.4 Å². The highest BCUT2D eigenvalue weighted by Gasteiger charge is 2.06. The first-order valence-electron chi connectivity index (χ1n) is 2.53. The quantitative estimate of drug-likeness (QED) is 0.433. The summed E-state index contributed by atoms with van der Waals surface area (Å²) in [4.78, 5) is 17.9. The standard InChI is InChI=1S/C6H6N2O/c1-4-3-7-5(2)8-6(4)9/h3H,1H2,2H3. The molecule has 0 aromatic heterocycles. The van der Waals surface area contributed by atoms with Gasteiger partial charge in [-0.2, -0.15) is 4.99 Å². The molecule has 0 N–H and O–H groups in total. The molecule has 0 radical (unpaired) electrons. The van der Waals surface area contributed by atoms with Crippen molar-refractivity contribution in [3.63, 3.8) is 0 Å². The van der Waals surface area contributed by atoms with Crippen LogP contribution in [0.4, 0.5) is 0 Å². The molecule has 1 heterocycles. The van der Waals surface area contributed by atoms with Crippen molar-refractivity contribution < 1.29 is 4.79 Å². The number of hydrogen-bond donors (Lipinski definition) is 0. The molecule has 0 fully saturated rings. The monoisotopic (exact) mass is 122 g/mol. The molecule has 1 amide bonds. The number of amides is 1. The van der Waals surface area contributed by atoms with Crippen LogP contribution in [0.1, 0.15) is 6.92 Å². The summed E-state index contributed by atoms with van der Waals surface area (Å²) in [6.07, 6.45) is 1.42. The Hall–Kier alpha value is -1.25. The van der Waals surface area contributed by atoms with Gasteiger partial charge >= 0.3 is 0 Å². The first-order chi connectivity index (χ1) is 4.20. The summed E-state index contributed by atoms with van der Waals surface area (Å²) in [5.74, 6) is 0.204. The summed E-state index contributed by atoms with van der Waals surface area (Å²) in [6, 6.07) is 0. The van der Waals surface area contributed by atoms with Gasteiger partial charge in [-0.15, -0.1) is 0 Å². The topological polar surface area (TPSA) is 41.8 Å². The molecule has 3 nitrogen and oxygen atoms in total. The highest BCUT2D eigenvalue weighted by atomic mass is 16.1. The van der Waals surface area contributed by atoms with Gasteiger partial charge in [0.2, 0.25) is 0 Å². The Morgan fingerprint density at radius 2 is 2.33 bits per heavy atom. The molecule has 3 heteroatoms. The fourth-order valence-electron chi connectivity index (χ4n) is 0.474. The van der Waals surface area contributed by atoms with E-state index in [2.05, 4.69) is 16.6 Å². The Morgan fingerprint density at radius 1 is 1.67 bits per heavy atom. The van der Waals surface area contributed by atoms with Crippen LogP contribution in [0.2, 0.25) is 0 Å². The van der Waals surface area contributed by atoms with Crippen molar-refractivity contribution in [3.05, 3.63) is 12.2 Å². The van der Waals surface area contributed by atoms with Gasteiger partial charge in [-0.25, -0.2) is 4.99 Å². The van der Waals surface area contributed by atoms with E-state index in [0.717, 1.165) is 0 Å². The van der Waals surface area contributed by atoms with Crippen molar-refractivity contribution in [2.24, 2.45) is 9.98 Å². The van der Waals surface area contributed by atoms with Crippen LogP contribution in [0.5, 0.6) is 0 Å². The van der Waals surface area contributed by atoms with E-state index in [-0.39, 0.29) is 5.91 Å². The summed E-state index contributed by atoms with van der Waals surface area (Å²) >= 11 is 0. The molecule has 0 aromatic rings. The van der Waals surface area contributed by atoms with Crippen LogP contribution < -0.4 is 0 Å². The minimum Gasteiger partial charge on any atom is -0.267 e. The van der Waals surface area contributed by atoms with Crippen molar-refractivity contribution in [2.45, 2.75) is 6.92 Å². The average Bonchev–Trinajstić information content (AvgIpc) is 1.80. The molecule has 0 atom stereocenters. The summed E-state index contributed by atoms with van der Waals surface area (Å²) in [7, 11) is 0. The second-order valence-electron chi connectivity index (χ2n) is 1.75. The van der Waals surface area contributed by atoms with E-state index in [1.54, 1.807) is 6.92 Å². The van der Waals surface area contributed by atoms with Gasteiger partial charge in [-0.05, 0) is 6.92 Å². The zero-order valence-electron chi connectivity index (χ0n) is 5.09. The Bertz CT molecular complexity index is 225. The molecule has 0 bridgehead atoms. The summed E-state index contributed by atoms with van der Waals surface area (Å²) in [6.45, 7) is 5.09. The molecule has 0 saturated heterocycles. The second kappa shape index (κ2) is 1.93. The molecule has 0 aromatic carbocycles. The van der Waals surface area contributed by atoms with Gasteiger partial charge in [0.25, 0.3) is 5.91 Å². The number of hydrogen-bond acceptors (Lipinski definition) is 2. The minimum atomic E-state index is -0.289. The van der Waals surface area contributed by atoms with E-state index in [1.807, 2.05) is 0 Å². The number of amidine groups is 1. The van der Waals surface area contributed by atoms with Crippen molar-refractivity contribution in [1.82, 2.24) is 0 Å². The molecule has 46 valence electrons. The van der Waals surface area contributed by atoms with Crippen molar-refractivity contribution in [1.29, 1.82) is 0 Å². The minimum absolute atomic E-state index is 0.289. The van der Waals surface area contributed by atoms with Crippen LogP contribution in [-0.2, 0) is 4.79 Å².